The van der Waals surface area contributed by atoms with Gasteiger partial charge in [-0.3, -0.25) is 9.59 Å². The van der Waals surface area contributed by atoms with Gasteiger partial charge in [0.25, 0.3) is 5.91 Å². The summed E-state index contributed by atoms with van der Waals surface area (Å²) in [7, 11) is 0. The Hall–Kier alpha value is -2.91. The molecule has 0 spiro atoms. The van der Waals surface area contributed by atoms with Gasteiger partial charge < -0.3 is 15.2 Å². The lowest BCUT2D eigenvalue weighted by molar-refractivity contribution is -0.113. The van der Waals surface area contributed by atoms with Crippen molar-refractivity contribution in [1.29, 1.82) is 0 Å². The largest absolute Gasteiger partial charge is 0.342 e. The number of thioether (sulfide) groups is 1. The molecule has 1 heterocycles. The molecule has 0 bridgehead atoms. The number of nitrogens with zero attached hydrogens (tertiary/aromatic N) is 3. The molecule has 1 atom stereocenters. The first kappa shape index (κ1) is 24.7. The number of amides is 2. The molecular formula is C24H26BrN5O2S. The van der Waals surface area contributed by atoms with Gasteiger partial charge in [-0.05, 0) is 56.2 Å². The average molecular weight is 528 g/mol. The number of halogens is 1. The van der Waals surface area contributed by atoms with Crippen molar-refractivity contribution in [2.24, 2.45) is 0 Å². The number of anilines is 1. The normalized spacial score (nSPS) is 11.6. The van der Waals surface area contributed by atoms with E-state index in [0.717, 1.165) is 21.3 Å². The monoisotopic (exact) mass is 527 g/mol. The number of allylic oxidation sites excluding steroid dienone is 1. The van der Waals surface area contributed by atoms with Crippen LogP contribution in [0.2, 0.25) is 0 Å². The van der Waals surface area contributed by atoms with Crippen molar-refractivity contribution in [3.63, 3.8) is 0 Å². The summed E-state index contributed by atoms with van der Waals surface area (Å²) in [5.74, 6) is 0.460. The van der Waals surface area contributed by atoms with E-state index in [0.29, 0.717) is 23.1 Å². The third kappa shape index (κ3) is 6.33. The maximum Gasteiger partial charge on any atom is 0.252 e. The summed E-state index contributed by atoms with van der Waals surface area (Å²) < 4.78 is 2.85. The summed E-state index contributed by atoms with van der Waals surface area (Å²) in [4.78, 5) is 25.2. The zero-order valence-corrected chi connectivity index (χ0v) is 21.2. The minimum atomic E-state index is -0.376. The van der Waals surface area contributed by atoms with Crippen LogP contribution in [0.4, 0.5) is 5.69 Å². The molecular weight excluding hydrogens is 502 g/mol. The van der Waals surface area contributed by atoms with E-state index in [1.165, 1.54) is 11.8 Å². The number of hydrogen-bond acceptors (Lipinski definition) is 5. The van der Waals surface area contributed by atoms with Crippen molar-refractivity contribution in [3.05, 3.63) is 82.1 Å². The summed E-state index contributed by atoms with van der Waals surface area (Å²) in [5, 5.41) is 15.0. The molecule has 172 valence electrons. The lowest BCUT2D eigenvalue weighted by Gasteiger charge is -2.16. The number of carbonyl (C=O) groups excluding carboxylic acids is 2. The van der Waals surface area contributed by atoms with E-state index in [4.69, 9.17) is 0 Å². The SMILES string of the molecule is C=CCn1c(SCC(=O)Nc2ccc(Br)c(C)c2)nnc1[C@@H](C)NC(=O)c1ccccc1C. The third-order valence-electron chi connectivity index (χ3n) is 4.96. The van der Waals surface area contributed by atoms with Crippen molar-refractivity contribution < 1.29 is 9.59 Å². The van der Waals surface area contributed by atoms with Gasteiger partial charge in [-0.1, -0.05) is 52.0 Å². The first-order chi connectivity index (χ1) is 15.8. The lowest BCUT2D eigenvalue weighted by atomic mass is 10.1. The molecule has 7 nitrogen and oxygen atoms in total. The van der Waals surface area contributed by atoms with Gasteiger partial charge >= 0.3 is 0 Å². The fraction of sp³-hybridized carbons (Fsp3) is 0.250. The molecule has 0 fully saturated rings. The van der Waals surface area contributed by atoms with Gasteiger partial charge in [-0.25, -0.2) is 0 Å². The number of hydrogen-bond donors (Lipinski definition) is 2. The Morgan fingerprint density at radius 1 is 1.18 bits per heavy atom. The minimum Gasteiger partial charge on any atom is -0.342 e. The summed E-state index contributed by atoms with van der Waals surface area (Å²) in [5.41, 5.74) is 3.30. The average Bonchev–Trinajstić information content (AvgIpc) is 3.18. The minimum absolute atomic E-state index is 0.141. The van der Waals surface area contributed by atoms with E-state index in [9.17, 15) is 9.59 Å². The molecule has 33 heavy (non-hydrogen) atoms. The van der Waals surface area contributed by atoms with Crippen molar-refractivity contribution in [1.82, 2.24) is 20.1 Å². The van der Waals surface area contributed by atoms with Gasteiger partial charge in [-0.15, -0.1) is 16.8 Å². The van der Waals surface area contributed by atoms with Gasteiger partial charge in [-0.2, -0.15) is 0 Å². The molecule has 2 amide bonds. The van der Waals surface area contributed by atoms with Crippen LogP contribution in [0.3, 0.4) is 0 Å². The van der Waals surface area contributed by atoms with Crippen molar-refractivity contribution in [2.75, 3.05) is 11.1 Å². The van der Waals surface area contributed by atoms with Gasteiger partial charge in [0, 0.05) is 22.3 Å². The number of carbonyl (C=O) groups is 2. The molecule has 2 aromatic carbocycles. The molecule has 1 aromatic heterocycles. The van der Waals surface area contributed by atoms with Crippen LogP contribution in [0, 0.1) is 13.8 Å². The van der Waals surface area contributed by atoms with Gasteiger partial charge in [0.15, 0.2) is 11.0 Å². The Bertz CT molecular complexity index is 1180. The molecule has 9 heteroatoms. The first-order valence-electron chi connectivity index (χ1n) is 10.4. The van der Waals surface area contributed by atoms with Crippen LogP contribution in [0.25, 0.3) is 0 Å². The smallest absolute Gasteiger partial charge is 0.252 e. The summed E-state index contributed by atoms with van der Waals surface area (Å²) in [6.07, 6.45) is 1.73. The number of aryl methyl sites for hydroxylation is 2. The fourth-order valence-electron chi connectivity index (χ4n) is 3.24. The Balaban J connectivity index is 1.67. The lowest BCUT2D eigenvalue weighted by Crippen LogP contribution is -2.29. The van der Waals surface area contributed by atoms with Crippen LogP contribution in [0.15, 0.2) is 64.7 Å². The van der Waals surface area contributed by atoms with E-state index in [1.807, 2.05) is 61.7 Å². The highest BCUT2D eigenvalue weighted by atomic mass is 79.9. The Kier molecular flexibility index (Phi) is 8.46. The number of aromatic nitrogens is 3. The topological polar surface area (TPSA) is 88.9 Å². The molecule has 0 saturated heterocycles. The van der Waals surface area contributed by atoms with E-state index in [2.05, 4.69) is 43.3 Å². The molecule has 0 aliphatic carbocycles. The van der Waals surface area contributed by atoms with Crippen molar-refractivity contribution in [2.45, 2.75) is 38.5 Å². The Morgan fingerprint density at radius 3 is 2.64 bits per heavy atom. The van der Waals surface area contributed by atoms with Crippen LogP contribution in [0.5, 0.6) is 0 Å². The highest BCUT2D eigenvalue weighted by Gasteiger charge is 2.21. The van der Waals surface area contributed by atoms with Crippen molar-refractivity contribution in [3.8, 4) is 0 Å². The first-order valence-corrected chi connectivity index (χ1v) is 12.2. The highest BCUT2D eigenvalue weighted by Crippen LogP contribution is 2.23. The zero-order chi connectivity index (χ0) is 24.0. The maximum atomic E-state index is 12.7. The van der Waals surface area contributed by atoms with Crippen LogP contribution in [0.1, 0.15) is 40.3 Å². The van der Waals surface area contributed by atoms with Crippen LogP contribution >= 0.6 is 27.7 Å². The molecule has 3 aromatic rings. The molecule has 0 unspecified atom stereocenters. The molecule has 0 radical (unpaired) electrons. The van der Waals surface area contributed by atoms with Gasteiger partial charge in [0.1, 0.15) is 0 Å². The second-order valence-electron chi connectivity index (χ2n) is 7.55. The molecule has 0 aliphatic rings. The van der Waals surface area contributed by atoms with Gasteiger partial charge in [0.2, 0.25) is 5.91 Å². The van der Waals surface area contributed by atoms with Gasteiger partial charge in [0.05, 0.1) is 11.8 Å². The standard InChI is InChI=1S/C24H26BrN5O2S/c1-5-12-30-22(17(4)26-23(32)19-9-7-6-8-15(19)2)28-29-24(30)33-14-21(31)27-18-10-11-20(25)16(3)13-18/h5-11,13,17H,1,12,14H2,2-4H3,(H,26,32)(H,27,31)/t17-/m1/s1. The van der Waals surface area contributed by atoms with Crippen LogP contribution in [-0.2, 0) is 11.3 Å². The third-order valence-corrected chi connectivity index (χ3v) is 6.81. The van der Waals surface area contributed by atoms with E-state index in [-0.39, 0.29) is 23.6 Å². The summed E-state index contributed by atoms with van der Waals surface area (Å²) in [6.45, 7) is 9.99. The number of nitrogens with one attached hydrogen (secondary N) is 2. The van der Waals surface area contributed by atoms with Crippen LogP contribution < -0.4 is 10.6 Å². The summed E-state index contributed by atoms with van der Waals surface area (Å²) >= 11 is 4.74. The second-order valence-corrected chi connectivity index (χ2v) is 9.35. The molecule has 0 saturated carbocycles. The van der Waals surface area contributed by atoms with E-state index in [1.54, 1.807) is 12.1 Å². The zero-order valence-electron chi connectivity index (χ0n) is 18.8. The number of rotatable bonds is 9. The predicted molar refractivity (Wildman–Crippen MR) is 136 cm³/mol. The van der Waals surface area contributed by atoms with Crippen LogP contribution in [-0.4, -0.2) is 32.3 Å². The summed E-state index contributed by atoms with van der Waals surface area (Å²) in [6, 6.07) is 12.7. The quantitative estimate of drug-likeness (QED) is 0.299. The molecule has 0 aliphatic heterocycles. The second kappa shape index (κ2) is 11.3. The van der Waals surface area contributed by atoms with E-state index >= 15 is 0 Å². The predicted octanol–water partition coefficient (Wildman–Crippen LogP) is 5.07. The Morgan fingerprint density at radius 2 is 1.94 bits per heavy atom. The Labute approximate surface area is 206 Å². The number of benzene rings is 2. The molecule has 2 N–H and O–H groups in total. The maximum absolute atomic E-state index is 12.7. The fourth-order valence-corrected chi connectivity index (χ4v) is 4.25. The van der Waals surface area contributed by atoms with Crippen molar-refractivity contribution >= 4 is 45.2 Å². The molecule has 3 rings (SSSR count). The highest BCUT2D eigenvalue weighted by molar-refractivity contribution is 9.10. The van der Waals surface area contributed by atoms with E-state index < -0.39 is 0 Å².